The van der Waals surface area contributed by atoms with E-state index >= 15 is 0 Å². The number of anilines is 1. The van der Waals surface area contributed by atoms with Crippen molar-refractivity contribution in [1.82, 2.24) is 0 Å². The fourth-order valence-corrected chi connectivity index (χ4v) is 3.10. The first-order valence-electron chi connectivity index (χ1n) is 7.82. The highest BCUT2D eigenvalue weighted by atomic mass is 16.5. The lowest BCUT2D eigenvalue weighted by Gasteiger charge is -2.12. The molecule has 0 bridgehead atoms. The fraction of sp³-hybridized carbons (Fsp3) is 0.278. The van der Waals surface area contributed by atoms with Crippen LogP contribution in [-0.4, -0.2) is 24.7 Å². The maximum atomic E-state index is 12.3. The first-order valence-corrected chi connectivity index (χ1v) is 7.82. The van der Waals surface area contributed by atoms with Crippen LogP contribution in [0.3, 0.4) is 0 Å². The topological polar surface area (TPSA) is 77.5 Å². The smallest absolute Gasteiger partial charge is 0.253 e. The van der Waals surface area contributed by atoms with Crippen molar-refractivity contribution in [1.29, 1.82) is 0 Å². The van der Waals surface area contributed by atoms with Gasteiger partial charge in [0.2, 0.25) is 0 Å². The van der Waals surface area contributed by atoms with Gasteiger partial charge in [-0.1, -0.05) is 18.2 Å². The van der Waals surface area contributed by atoms with Crippen molar-refractivity contribution in [3.63, 3.8) is 0 Å². The fourth-order valence-electron chi connectivity index (χ4n) is 3.10. The number of ether oxygens (including phenoxy) is 1. The Labute approximate surface area is 133 Å². The molecule has 2 heterocycles. The summed E-state index contributed by atoms with van der Waals surface area (Å²) >= 11 is 0. The number of hydrogen-bond acceptors (Lipinski definition) is 4. The lowest BCUT2D eigenvalue weighted by Crippen LogP contribution is -2.29. The van der Waals surface area contributed by atoms with E-state index in [1.807, 2.05) is 42.5 Å². The molecule has 1 saturated heterocycles. The number of furan rings is 1. The summed E-state index contributed by atoms with van der Waals surface area (Å²) in [5.74, 6) is -0.128. The molecule has 118 valence electrons. The van der Waals surface area contributed by atoms with Gasteiger partial charge in [0.1, 0.15) is 17.3 Å². The average molecular weight is 310 g/mol. The van der Waals surface area contributed by atoms with E-state index in [4.69, 9.17) is 14.9 Å². The number of carbonyl (C=O) groups is 1. The van der Waals surface area contributed by atoms with E-state index in [1.54, 1.807) is 0 Å². The molecule has 1 aliphatic rings. The average Bonchev–Trinajstić information content (AvgIpc) is 3.18. The summed E-state index contributed by atoms with van der Waals surface area (Å²) in [4.78, 5) is 12.3. The van der Waals surface area contributed by atoms with Crippen molar-refractivity contribution in [2.45, 2.75) is 25.0 Å². The van der Waals surface area contributed by atoms with Crippen LogP contribution in [-0.2, 0) is 9.53 Å². The molecule has 1 amide bonds. The third-order valence-electron chi connectivity index (χ3n) is 4.31. The molecule has 0 spiro atoms. The Morgan fingerprint density at radius 2 is 1.96 bits per heavy atom. The first kappa shape index (κ1) is 14.2. The van der Waals surface area contributed by atoms with E-state index in [0.29, 0.717) is 18.7 Å². The largest absolute Gasteiger partial charge is 0.456 e. The molecular weight excluding hydrogens is 292 g/mol. The maximum Gasteiger partial charge on any atom is 0.253 e. The third kappa shape index (κ3) is 2.58. The normalized spacial score (nSPS) is 21.1. The van der Waals surface area contributed by atoms with Crippen LogP contribution >= 0.6 is 0 Å². The molecule has 1 fully saturated rings. The van der Waals surface area contributed by atoms with Crippen molar-refractivity contribution in [3.05, 3.63) is 42.5 Å². The van der Waals surface area contributed by atoms with Crippen molar-refractivity contribution in [3.8, 4) is 0 Å². The number of hydrogen-bond donors (Lipinski definition) is 2. The summed E-state index contributed by atoms with van der Waals surface area (Å²) in [6, 6.07) is 13.6. The highest BCUT2D eigenvalue weighted by Crippen LogP contribution is 2.30. The second kappa shape index (κ2) is 5.68. The second-order valence-electron chi connectivity index (χ2n) is 5.86. The van der Waals surface area contributed by atoms with E-state index in [9.17, 15) is 4.79 Å². The van der Waals surface area contributed by atoms with Crippen molar-refractivity contribution < 1.29 is 13.9 Å². The number of amides is 1. The Kier molecular flexibility index (Phi) is 3.52. The van der Waals surface area contributed by atoms with Crippen LogP contribution in [0.25, 0.3) is 21.9 Å². The Morgan fingerprint density at radius 3 is 2.78 bits per heavy atom. The molecule has 3 aromatic rings. The Hall–Kier alpha value is -2.37. The van der Waals surface area contributed by atoms with Gasteiger partial charge in [-0.05, 0) is 31.0 Å². The summed E-state index contributed by atoms with van der Waals surface area (Å²) in [6.45, 7) is 0.453. The number of nitrogens with one attached hydrogen (secondary N) is 1. The summed E-state index contributed by atoms with van der Waals surface area (Å²) < 4.78 is 11.5. The Balaban J connectivity index is 1.57. The van der Waals surface area contributed by atoms with Crippen LogP contribution in [0, 0.1) is 0 Å². The molecule has 4 rings (SSSR count). The van der Waals surface area contributed by atoms with E-state index in [0.717, 1.165) is 28.4 Å². The molecule has 1 aliphatic heterocycles. The number of benzene rings is 2. The molecule has 0 saturated carbocycles. The molecule has 5 heteroatoms. The van der Waals surface area contributed by atoms with E-state index in [1.165, 1.54) is 0 Å². The molecule has 23 heavy (non-hydrogen) atoms. The summed E-state index contributed by atoms with van der Waals surface area (Å²) in [5.41, 5.74) is 7.89. The molecule has 5 nitrogen and oxygen atoms in total. The summed E-state index contributed by atoms with van der Waals surface area (Å²) in [6.07, 6.45) is 1.11. The molecule has 2 atom stereocenters. The van der Waals surface area contributed by atoms with Gasteiger partial charge in [-0.15, -0.1) is 0 Å². The van der Waals surface area contributed by atoms with Gasteiger partial charge >= 0.3 is 0 Å². The Morgan fingerprint density at radius 1 is 1.13 bits per heavy atom. The zero-order valence-electron chi connectivity index (χ0n) is 12.6. The van der Waals surface area contributed by atoms with Crippen molar-refractivity contribution in [2.24, 2.45) is 5.73 Å². The molecule has 3 N–H and O–H groups in total. The molecule has 0 unspecified atom stereocenters. The van der Waals surface area contributed by atoms with Crippen LogP contribution in [0.15, 0.2) is 46.9 Å². The van der Waals surface area contributed by atoms with Crippen molar-refractivity contribution in [2.75, 3.05) is 11.9 Å². The van der Waals surface area contributed by atoms with Gasteiger partial charge < -0.3 is 20.2 Å². The summed E-state index contributed by atoms with van der Waals surface area (Å²) in [5, 5.41) is 5.02. The van der Waals surface area contributed by atoms with Gasteiger partial charge in [-0.3, -0.25) is 4.79 Å². The van der Waals surface area contributed by atoms with Gasteiger partial charge in [-0.2, -0.15) is 0 Å². The highest BCUT2D eigenvalue weighted by molar-refractivity contribution is 6.06. The van der Waals surface area contributed by atoms with E-state index < -0.39 is 6.10 Å². The van der Waals surface area contributed by atoms with Crippen molar-refractivity contribution >= 4 is 33.5 Å². The zero-order valence-corrected chi connectivity index (χ0v) is 12.6. The van der Waals surface area contributed by atoms with E-state index in [-0.39, 0.29) is 12.0 Å². The molecule has 0 aliphatic carbocycles. The monoisotopic (exact) mass is 310 g/mol. The molecular formula is C18H18N2O3. The van der Waals surface area contributed by atoms with E-state index in [2.05, 4.69) is 5.32 Å². The quantitative estimate of drug-likeness (QED) is 0.779. The maximum absolute atomic E-state index is 12.3. The Bertz CT molecular complexity index is 871. The highest BCUT2D eigenvalue weighted by Gasteiger charge is 2.29. The number of carbonyl (C=O) groups excluding carboxylic acids is 1. The van der Waals surface area contributed by atoms with Gasteiger partial charge in [0, 0.05) is 29.1 Å². The predicted molar refractivity (Wildman–Crippen MR) is 89.3 cm³/mol. The van der Waals surface area contributed by atoms with Crippen LogP contribution in [0.5, 0.6) is 0 Å². The number of para-hydroxylation sites is 1. The minimum atomic E-state index is -0.421. The molecule has 1 aromatic heterocycles. The predicted octanol–water partition coefficient (Wildman–Crippen LogP) is 3.03. The van der Waals surface area contributed by atoms with Crippen LogP contribution < -0.4 is 11.1 Å². The van der Waals surface area contributed by atoms with Crippen LogP contribution in [0.1, 0.15) is 12.8 Å². The zero-order chi connectivity index (χ0) is 15.8. The first-order chi connectivity index (χ1) is 11.2. The number of fused-ring (bicyclic) bond motifs is 3. The number of rotatable bonds is 3. The molecule has 0 radical (unpaired) electrons. The lowest BCUT2D eigenvalue weighted by atomic mass is 10.1. The summed E-state index contributed by atoms with van der Waals surface area (Å²) in [7, 11) is 0. The number of nitrogens with two attached hydrogens (primary N) is 1. The SMILES string of the molecule is NC[C@H]1CC[C@@H](C(=O)Nc2ccc3c(c2)oc2ccccc23)O1. The van der Waals surface area contributed by atoms with Gasteiger partial charge in [-0.25, -0.2) is 0 Å². The lowest BCUT2D eigenvalue weighted by molar-refractivity contribution is -0.126. The molecule has 2 aromatic carbocycles. The standard InChI is InChI=1S/C18H18N2O3/c19-10-12-6-8-16(22-12)18(21)20-11-5-7-14-13-3-1-2-4-15(13)23-17(14)9-11/h1-5,7,9,12,16H,6,8,10,19H2,(H,20,21)/t12-,16+/m1/s1. The van der Waals surface area contributed by atoms with Crippen LogP contribution in [0.2, 0.25) is 0 Å². The van der Waals surface area contributed by atoms with Crippen LogP contribution in [0.4, 0.5) is 5.69 Å². The van der Waals surface area contributed by atoms with Gasteiger partial charge in [0.25, 0.3) is 5.91 Å². The van der Waals surface area contributed by atoms with Gasteiger partial charge in [0.15, 0.2) is 0 Å². The minimum absolute atomic E-state index is 0.0106. The minimum Gasteiger partial charge on any atom is -0.456 e. The second-order valence-corrected chi connectivity index (χ2v) is 5.86. The van der Waals surface area contributed by atoms with Gasteiger partial charge in [0.05, 0.1) is 6.10 Å². The third-order valence-corrected chi connectivity index (χ3v) is 4.31.